The predicted octanol–water partition coefficient (Wildman–Crippen LogP) is 4.46. The van der Waals surface area contributed by atoms with Gasteiger partial charge >= 0.3 is 5.97 Å². The van der Waals surface area contributed by atoms with Crippen LogP contribution in [0.5, 0.6) is 5.75 Å². The molecule has 1 aromatic heterocycles. The van der Waals surface area contributed by atoms with Gasteiger partial charge in [0.25, 0.3) is 15.9 Å². The third kappa shape index (κ3) is 4.65. The van der Waals surface area contributed by atoms with Gasteiger partial charge in [-0.2, -0.15) is 0 Å². The Hall–Kier alpha value is -3.89. The number of nitrogens with one attached hydrogen (secondary N) is 1. The second-order valence-corrected chi connectivity index (χ2v) is 11.1. The summed E-state index contributed by atoms with van der Waals surface area (Å²) in [5.74, 6) is -0.399. The first kappa shape index (κ1) is 23.8. The quantitative estimate of drug-likeness (QED) is 0.360. The van der Waals surface area contributed by atoms with Gasteiger partial charge in [-0.15, -0.1) is 11.3 Å². The molecule has 184 valence electrons. The van der Waals surface area contributed by atoms with Crippen molar-refractivity contribution in [1.82, 2.24) is 0 Å². The number of sulfonamides is 1. The van der Waals surface area contributed by atoms with Crippen molar-refractivity contribution in [2.75, 3.05) is 29.9 Å². The largest absolute Gasteiger partial charge is 0.484 e. The number of anilines is 2. The van der Waals surface area contributed by atoms with Crippen LogP contribution in [-0.4, -0.2) is 40.6 Å². The van der Waals surface area contributed by atoms with Crippen molar-refractivity contribution in [3.05, 3.63) is 83.2 Å². The number of nitrogens with zero attached hydrogens (tertiary/aromatic N) is 1. The molecule has 0 atom stereocenters. The highest BCUT2D eigenvalue weighted by molar-refractivity contribution is 7.92. The molecule has 1 amide bonds. The molecule has 0 bridgehead atoms. The van der Waals surface area contributed by atoms with Crippen LogP contribution in [0, 0.1) is 0 Å². The smallest absolute Gasteiger partial charge is 0.348 e. The van der Waals surface area contributed by atoms with Gasteiger partial charge in [-0.25, -0.2) is 13.2 Å². The molecular weight excluding hydrogens is 500 g/mol. The number of carbonyl (C=O) groups is 2. The highest BCUT2D eigenvalue weighted by Crippen LogP contribution is 2.33. The number of methoxy groups -OCH3 is 1. The number of ether oxygens (including phenoxy) is 2. The molecule has 0 aliphatic carbocycles. The molecular formula is C26H22N2O6S2. The average molecular weight is 523 g/mol. The summed E-state index contributed by atoms with van der Waals surface area (Å²) in [5.41, 5.74) is 2.28. The highest BCUT2D eigenvalue weighted by atomic mass is 32.2. The lowest BCUT2D eigenvalue weighted by atomic mass is 10.2. The summed E-state index contributed by atoms with van der Waals surface area (Å²) in [7, 11) is -2.36. The van der Waals surface area contributed by atoms with Gasteiger partial charge in [0.1, 0.15) is 10.6 Å². The van der Waals surface area contributed by atoms with Crippen molar-refractivity contribution in [1.29, 1.82) is 0 Å². The summed E-state index contributed by atoms with van der Waals surface area (Å²) in [5, 5.41) is 3.58. The zero-order valence-electron chi connectivity index (χ0n) is 19.3. The Morgan fingerprint density at radius 3 is 2.58 bits per heavy atom. The van der Waals surface area contributed by atoms with Crippen LogP contribution in [0.3, 0.4) is 0 Å². The highest BCUT2D eigenvalue weighted by Gasteiger charge is 2.30. The first-order chi connectivity index (χ1) is 17.3. The van der Waals surface area contributed by atoms with E-state index < -0.39 is 16.0 Å². The van der Waals surface area contributed by atoms with Crippen molar-refractivity contribution < 1.29 is 27.5 Å². The third-order valence-corrected chi connectivity index (χ3v) is 8.74. The maximum atomic E-state index is 13.1. The van der Waals surface area contributed by atoms with Crippen LogP contribution in [-0.2, 0) is 26.0 Å². The molecule has 0 saturated carbocycles. The number of thiophene rings is 1. The van der Waals surface area contributed by atoms with Crippen molar-refractivity contribution in [3.8, 4) is 5.75 Å². The van der Waals surface area contributed by atoms with Crippen molar-refractivity contribution in [2.24, 2.45) is 0 Å². The summed E-state index contributed by atoms with van der Waals surface area (Å²) in [6, 6.07) is 20.6. The fourth-order valence-corrected chi connectivity index (χ4v) is 6.53. The molecule has 1 aliphatic rings. The number of rotatable bonds is 7. The summed E-state index contributed by atoms with van der Waals surface area (Å²) < 4.78 is 38.9. The van der Waals surface area contributed by atoms with Gasteiger partial charge in [0.2, 0.25) is 0 Å². The van der Waals surface area contributed by atoms with E-state index in [2.05, 4.69) is 5.32 Å². The zero-order valence-corrected chi connectivity index (χ0v) is 20.9. The fraction of sp³-hybridized carbons (Fsp3) is 0.154. The Kier molecular flexibility index (Phi) is 6.38. The van der Waals surface area contributed by atoms with Gasteiger partial charge in [-0.3, -0.25) is 9.10 Å². The van der Waals surface area contributed by atoms with Crippen LogP contribution in [0.4, 0.5) is 11.4 Å². The Bertz CT molecular complexity index is 1560. The molecule has 0 spiro atoms. The van der Waals surface area contributed by atoms with E-state index in [-0.39, 0.29) is 17.4 Å². The van der Waals surface area contributed by atoms with E-state index in [1.54, 1.807) is 18.2 Å². The van der Waals surface area contributed by atoms with Crippen LogP contribution in [0.2, 0.25) is 0 Å². The number of fused-ring (bicyclic) bond motifs is 2. The Balaban J connectivity index is 1.21. The van der Waals surface area contributed by atoms with Gasteiger partial charge in [0.15, 0.2) is 6.61 Å². The minimum atomic E-state index is -3.69. The van der Waals surface area contributed by atoms with Crippen LogP contribution in [0.25, 0.3) is 10.1 Å². The molecule has 1 N–H and O–H groups in total. The lowest BCUT2D eigenvalue weighted by Gasteiger charge is -2.19. The maximum Gasteiger partial charge on any atom is 0.348 e. The SMILES string of the molecule is COC(=O)c1cc2cc(NC(=O)COc3ccc(S(=O)(=O)N4CCc5ccccc54)cc3)ccc2s1. The van der Waals surface area contributed by atoms with E-state index in [9.17, 15) is 18.0 Å². The second kappa shape index (κ2) is 9.63. The maximum absolute atomic E-state index is 13.1. The molecule has 0 radical (unpaired) electrons. The molecule has 0 fully saturated rings. The van der Waals surface area contributed by atoms with Gasteiger partial charge in [-0.1, -0.05) is 18.2 Å². The molecule has 3 aromatic carbocycles. The van der Waals surface area contributed by atoms with E-state index in [4.69, 9.17) is 9.47 Å². The van der Waals surface area contributed by atoms with Crippen LogP contribution in [0.15, 0.2) is 77.7 Å². The Morgan fingerprint density at radius 2 is 1.81 bits per heavy atom. The molecule has 36 heavy (non-hydrogen) atoms. The summed E-state index contributed by atoms with van der Waals surface area (Å²) in [6.45, 7) is 0.155. The molecule has 0 saturated heterocycles. The molecule has 5 rings (SSSR count). The number of hydrogen-bond donors (Lipinski definition) is 1. The average Bonchev–Trinajstić information content (AvgIpc) is 3.52. The predicted molar refractivity (Wildman–Crippen MR) is 138 cm³/mol. The fourth-order valence-electron chi connectivity index (χ4n) is 4.06. The number of hydrogen-bond acceptors (Lipinski definition) is 7. The Morgan fingerprint density at radius 1 is 1.03 bits per heavy atom. The molecule has 10 heteroatoms. The topological polar surface area (TPSA) is 102 Å². The standard InChI is InChI=1S/C26H22N2O6S2/c1-33-26(30)24-15-18-14-19(6-11-23(18)35-24)27-25(29)16-34-20-7-9-21(10-8-20)36(31,32)28-13-12-17-4-2-3-5-22(17)28/h2-11,14-15H,12-13,16H2,1H3,(H,27,29). The number of carbonyl (C=O) groups excluding carboxylic acids is 2. The zero-order chi connectivity index (χ0) is 25.3. The van der Waals surface area contributed by atoms with E-state index in [1.165, 1.54) is 47.0 Å². The second-order valence-electron chi connectivity index (χ2n) is 8.12. The van der Waals surface area contributed by atoms with E-state index in [1.807, 2.05) is 30.3 Å². The first-order valence-corrected chi connectivity index (χ1v) is 13.4. The van der Waals surface area contributed by atoms with Gasteiger partial charge in [0.05, 0.1) is 17.7 Å². The Labute approximate surface area is 212 Å². The minimum Gasteiger partial charge on any atom is -0.484 e. The summed E-state index contributed by atoms with van der Waals surface area (Å²) in [6.07, 6.45) is 0.678. The monoisotopic (exact) mass is 522 g/mol. The summed E-state index contributed by atoms with van der Waals surface area (Å²) in [4.78, 5) is 24.8. The van der Waals surface area contributed by atoms with E-state index in [0.29, 0.717) is 35.0 Å². The first-order valence-electron chi connectivity index (χ1n) is 11.1. The number of benzene rings is 3. The van der Waals surface area contributed by atoms with Crippen LogP contribution in [0.1, 0.15) is 15.2 Å². The van der Waals surface area contributed by atoms with Crippen molar-refractivity contribution >= 4 is 54.7 Å². The van der Waals surface area contributed by atoms with Gasteiger partial charge < -0.3 is 14.8 Å². The minimum absolute atomic E-state index is 0.159. The van der Waals surface area contributed by atoms with E-state index in [0.717, 1.165) is 15.6 Å². The molecule has 2 heterocycles. The van der Waals surface area contributed by atoms with Gasteiger partial charge in [-0.05, 0) is 72.0 Å². The molecule has 1 aliphatic heterocycles. The number of esters is 1. The molecule has 4 aromatic rings. The lowest BCUT2D eigenvalue weighted by Crippen LogP contribution is -2.29. The van der Waals surface area contributed by atoms with Crippen molar-refractivity contribution in [2.45, 2.75) is 11.3 Å². The van der Waals surface area contributed by atoms with E-state index >= 15 is 0 Å². The van der Waals surface area contributed by atoms with Crippen LogP contribution < -0.4 is 14.4 Å². The van der Waals surface area contributed by atoms with Gasteiger partial charge in [0, 0.05) is 16.9 Å². The lowest BCUT2D eigenvalue weighted by molar-refractivity contribution is -0.118. The third-order valence-electron chi connectivity index (χ3n) is 5.81. The number of para-hydroxylation sites is 1. The number of amides is 1. The molecule has 8 nitrogen and oxygen atoms in total. The normalized spacial score (nSPS) is 12.9. The summed E-state index contributed by atoms with van der Waals surface area (Å²) >= 11 is 1.31. The molecule has 0 unspecified atom stereocenters. The van der Waals surface area contributed by atoms with Crippen molar-refractivity contribution in [3.63, 3.8) is 0 Å². The van der Waals surface area contributed by atoms with Crippen LogP contribution >= 0.6 is 11.3 Å².